The molecule has 0 aromatic heterocycles. The van der Waals surface area contributed by atoms with Crippen molar-refractivity contribution in [2.24, 2.45) is 0 Å². The highest BCUT2D eigenvalue weighted by molar-refractivity contribution is 5.32. The van der Waals surface area contributed by atoms with Crippen LogP contribution in [0.15, 0.2) is 24.3 Å². The van der Waals surface area contributed by atoms with Crippen molar-refractivity contribution in [2.45, 2.75) is 19.5 Å². The van der Waals surface area contributed by atoms with Crippen molar-refractivity contribution in [2.75, 3.05) is 26.7 Å². The third-order valence-corrected chi connectivity index (χ3v) is 3.60. The topological polar surface area (TPSA) is 49.6 Å². The summed E-state index contributed by atoms with van der Waals surface area (Å²) in [6, 6.07) is 7.42. The number of nitro benzene ring substituents is 1. The van der Waals surface area contributed by atoms with E-state index in [0.29, 0.717) is 6.04 Å². The number of non-ortho nitro benzene ring substituents is 1. The van der Waals surface area contributed by atoms with E-state index in [1.165, 1.54) is 0 Å². The van der Waals surface area contributed by atoms with Crippen molar-refractivity contribution < 1.29 is 4.92 Å². The minimum absolute atomic E-state index is 0.158. The van der Waals surface area contributed by atoms with Gasteiger partial charge in [0, 0.05) is 44.4 Å². The molecule has 1 heterocycles. The Morgan fingerprint density at radius 3 is 2.56 bits per heavy atom. The second-order valence-electron chi connectivity index (χ2n) is 4.99. The van der Waals surface area contributed by atoms with Gasteiger partial charge < -0.3 is 4.90 Å². The molecule has 5 heteroatoms. The first-order chi connectivity index (χ1) is 8.56. The first-order valence-corrected chi connectivity index (χ1v) is 6.22. The standard InChI is InChI=1S/C13H19N3O2/c1-11-9-15(8-7-14(11)2)10-12-3-5-13(6-4-12)16(17)18/h3-6,11H,7-10H2,1-2H3. The van der Waals surface area contributed by atoms with Crippen molar-refractivity contribution >= 4 is 5.69 Å². The summed E-state index contributed by atoms with van der Waals surface area (Å²) in [7, 11) is 2.15. The molecular weight excluding hydrogens is 230 g/mol. The van der Waals surface area contributed by atoms with E-state index in [1.807, 2.05) is 12.1 Å². The highest BCUT2D eigenvalue weighted by Crippen LogP contribution is 2.15. The van der Waals surface area contributed by atoms with Gasteiger partial charge in [-0.15, -0.1) is 0 Å². The van der Waals surface area contributed by atoms with Gasteiger partial charge in [0.15, 0.2) is 0 Å². The highest BCUT2D eigenvalue weighted by Gasteiger charge is 2.20. The normalized spacial score (nSPS) is 22.0. The molecule has 1 fully saturated rings. The number of hydrogen-bond donors (Lipinski definition) is 0. The molecule has 18 heavy (non-hydrogen) atoms. The molecule has 1 aliphatic heterocycles. The van der Waals surface area contributed by atoms with E-state index >= 15 is 0 Å². The number of benzene rings is 1. The molecule has 1 aromatic rings. The van der Waals surface area contributed by atoms with Gasteiger partial charge >= 0.3 is 0 Å². The molecule has 0 aliphatic carbocycles. The lowest BCUT2D eigenvalue weighted by atomic mass is 10.1. The smallest absolute Gasteiger partial charge is 0.269 e. The Balaban J connectivity index is 1.95. The van der Waals surface area contributed by atoms with Gasteiger partial charge in [-0.25, -0.2) is 0 Å². The Labute approximate surface area is 107 Å². The summed E-state index contributed by atoms with van der Waals surface area (Å²) in [6.07, 6.45) is 0. The fourth-order valence-electron chi connectivity index (χ4n) is 2.25. The predicted molar refractivity (Wildman–Crippen MR) is 70.5 cm³/mol. The first-order valence-electron chi connectivity index (χ1n) is 6.22. The third-order valence-electron chi connectivity index (χ3n) is 3.60. The summed E-state index contributed by atoms with van der Waals surface area (Å²) in [5.74, 6) is 0. The van der Waals surface area contributed by atoms with E-state index < -0.39 is 0 Å². The molecule has 1 unspecified atom stereocenters. The quantitative estimate of drug-likeness (QED) is 0.604. The predicted octanol–water partition coefficient (Wildman–Crippen LogP) is 1.73. The second-order valence-corrected chi connectivity index (χ2v) is 4.99. The number of rotatable bonds is 3. The van der Waals surface area contributed by atoms with Crippen LogP contribution in [0, 0.1) is 10.1 Å². The fraction of sp³-hybridized carbons (Fsp3) is 0.538. The average molecular weight is 249 g/mol. The summed E-state index contributed by atoms with van der Waals surface area (Å²) >= 11 is 0. The van der Waals surface area contributed by atoms with Crippen molar-refractivity contribution in [3.8, 4) is 0 Å². The lowest BCUT2D eigenvalue weighted by molar-refractivity contribution is -0.384. The van der Waals surface area contributed by atoms with Gasteiger partial charge in [-0.3, -0.25) is 15.0 Å². The highest BCUT2D eigenvalue weighted by atomic mass is 16.6. The maximum Gasteiger partial charge on any atom is 0.269 e. The SMILES string of the molecule is CC1CN(Cc2ccc([N+](=O)[O-])cc2)CCN1C. The number of likely N-dealkylation sites (N-methyl/N-ethyl adjacent to an activating group) is 1. The largest absolute Gasteiger partial charge is 0.301 e. The summed E-state index contributed by atoms with van der Waals surface area (Å²) in [5.41, 5.74) is 1.29. The lowest BCUT2D eigenvalue weighted by Gasteiger charge is -2.37. The van der Waals surface area contributed by atoms with E-state index in [-0.39, 0.29) is 10.6 Å². The van der Waals surface area contributed by atoms with Crippen LogP contribution < -0.4 is 0 Å². The zero-order valence-corrected chi connectivity index (χ0v) is 10.9. The van der Waals surface area contributed by atoms with Crippen LogP contribution in [-0.2, 0) is 6.54 Å². The molecule has 0 bridgehead atoms. The van der Waals surface area contributed by atoms with Gasteiger partial charge in [0.2, 0.25) is 0 Å². The zero-order chi connectivity index (χ0) is 13.1. The molecular formula is C13H19N3O2. The molecule has 0 saturated carbocycles. The molecule has 0 spiro atoms. The number of piperazine rings is 1. The number of nitrogens with zero attached hydrogens (tertiary/aromatic N) is 3. The van der Waals surface area contributed by atoms with Crippen LogP contribution in [0.2, 0.25) is 0 Å². The summed E-state index contributed by atoms with van der Waals surface area (Å²) in [5, 5.41) is 10.6. The Bertz CT molecular complexity index is 419. The summed E-state index contributed by atoms with van der Waals surface area (Å²) in [4.78, 5) is 15.0. The number of nitro groups is 1. The zero-order valence-electron chi connectivity index (χ0n) is 10.9. The Morgan fingerprint density at radius 2 is 2.00 bits per heavy atom. The van der Waals surface area contributed by atoms with E-state index in [2.05, 4.69) is 23.8 Å². The van der Waals surface area contributed by atoms with E-state index in [9.17, 15) is 10.1 Å². The summed E-state index contributed by atoms with van der Waals surface area (Å²) < 4.78 is 0. The molecule has 1 saturated heterocycles. The Kier molecular flexibility index (Phi) is 3.93. The Hall–Kier alpha value is -1.46. The lowest BCUT2D eigenvalue weighted by Crippen LogP contribution is -2.49. The average Bonchev–Trinajstić information content (AvgIpc) is 2.34. The van der Waals surface area contributed by atoms with Crippen LogP contribution in [0.4, 0.5) is 5.69 Å². The van der Waals surface area contributed by atoms with Crippen molar-refractivity contribution in [3.05, 3.63) is 39.9 Å². The van der Waals surface area contributed by atoms with E-state index in [0.717, 1.165) is 31.7 Å². The van der Waals surface area contributed by atoms with Crippen molar-refractivity contribution in [3.63, 3.8) is 0 Å². The van der Waals surface area contributed by atoms with Crippen molar-refractivity contribution in [1.82, 2.24) is 9.80 Å². The molecule has 2 rings (SSSR count). The fourth-order valence-corrected chi connectivity index (χ4v) is 2.25. The molecule has 1 atom stereocenters. The van der Waals surface area contributed by atoms with Crippen LogP contribution in [-0.4, -0.2) is 47.4 Å². The van der Waals surface area contributed by atoms with Crippen LogP contribution in [0.25, 0.3) is 0 Å². The van der Waals surface area contributed by atoms with Gasteiger partial charge in [-0.05, 0) is 19.5 Å². The maximum atomic E-state index is 10.6. The van der Waals surface area contributed by atoms with E-state index in [4.69, 9.17) is 0 Å². The first kappa shape index (κ1) is 13.0. The van der Waals surface area contributed by atoms with Crippen LogP contribution >= 0.6 is 0 Å². The van der Waals surface area contributed by atoms with Gasteiger partial charge in [0.25, 0.3) is 5.69 Å². The Morgan fingerprint density at radius 1 is 1.33 bits per heavy atom. The third kappa shape index (κ3) is 3.05. The van der Waals surface area contributed by atoms with Gasteiger partial charge in [0.1, 0.15) is 0 Å². The maximum absolute atomic E-state index is 10.6. The minimum atomic E-state index is -0.359. The molecule has 0 amide bonds. The van der Waals surface area contributed by atoms with Crippen LogP contribution in [0.3, 0.4) is 0 Å². The van der Waals surface area contributed by atoms with Gasteiger partial charge in [-0.1, -0.05) is 12.1 Å². The molecule has 0 radical (unpaired) electrons. The molecule has 1 aromatic carbocycles. The molecule has 0 N–H and O–H groups in total. The minimum Gasteiger partial charge on any atom is -0.301 e. The van der Waals surface area contributed by atoms with Crippen LogP contribution in [0.1, 0.15) is 12.5 Å². The summed E-state index contributed by atoms with van der Waals surface area (Å²) in [6.45, 7) is 6.28. The van der Waals surface area contributed by atoms with Crippen LogP contribution in [0.5, 0.6) is 0 Å². The van der Waals surface area contributed by atoms with Gasteiger partial charge in [0.05, 0.1) is 4.92 Å². The van der Waals surface area contributed by atoms with Gasteiger partial charge in [-0.2, -0.15) is 0 Å². The van der Waals surface area contributed by atoms with Crippen molar-refractivity contribution in [1.29, 1.82) is 0 Å². The van der Waals surface area contributed by atoms with E-state index in [1.54, 1.807) is 12.1 Å². The molecule has 98 valence electrons. The molecule has 5 nitrogen and oxygen atoms in total. The monoisotopic (exact) mass is 249 g/mol. The number of hydrogen-bond acceptors (Lipinski definition) is 4. The second kappa shape index (κ2) is 5.46. The molecule has 1 aliphatic rings.